The maximum absolute atomic E-state index is 12.2. The summed E-state index contributed by atoms with van der Waals surface area (Å²) in [4.78, 5) is 24.1. The Morgan fingerprint density at radius 3 is 2.94 bits per heavy atom. The highest BCUT2D eigenvalue weighted by atomic mass is 32.1. The number of hydrogen-bond acceptors (Lipinski definition) is 5. The molecule has 1 saturated heterocycles. The molecule has 2 heterocycles. The maximum Gasteiger partial charge on any atom is 0.324 e. The minimum Gasteiger partial charge on any atom is -0.336 e. The summed E-state index contributed by atoms with van der Waals surface area (Å²) < 4.78 is 0. The molecule has 2 atom stereocenters. The van der Waals surface area contributed by atoms with Crippen molar-refractivity contribution in [2.45, 2.75) is 19.4 Å². The lowest BCUT2D eigenvalue weighted by Crippen LogP contribution is -2.34. The Bertz CT molecular complexity index is 474. The van der Waals surface area contributed by atoms with E-state index in [2.05, 4.69) is 0 Å². The average molecular weight is 269 g/mol. The normalized spacial score (nSPS) is 23.3. The van der Waals surface area contributed by atoms with E-state index in [-0.39, 0.29) is 17.0 Å². The van der Waals surface area contributed by atoms with Crippen LogP contribution in [0.4, 0.5) is 5.00 Å². The largest absolute Gasteiger partial charge is 0.336 e. The fourth-order valence-corrected chi connectivity index (χ4v) is 2.99. The van der Waals surface area contributed by atoms with Gasteiger partial charge < -0.3 is 10.6 Å². The molecule has 0 bridgehead atoms. The Labute approximate surface area is 109 Å². The summed E-state index contributed by atoms with van der Waals surface area (Å²) in [6.07, 6.45) is 0.897. The number of amides is 1. The van der Waals surface area contributed by atoms with Crippen molar-refractivity contribution in [2.24, 2.45) is 11.7 Å². The minimum atomic E-state index is -0.475. The van der Waals surface area contributed by atoms with Crippen molar-refractivity contribution in [3.8, 4) is 0 Å². The second kappa shape index (κ2) is 5.03. The van der Waals surface area contributed by atoms with Crippen LogP contribution in [-0.2, 0) is 0 Å². The standard InChI is InChI=1S/C11H15N3O3S/c1-7-2-8(4-12)5-13(7)11(15)9-3-10(14(16)17)18-6-9/h3,6-8H,2,4-5,12H2,1H3. The minimum absolute atomic E-state index is 0.000532. The van der Waals surface area contributed by atoms with Gasteiger partial charge in [-0.15, -0.1) is 0 Å². The summed E-state index contributed by atoms with van der Waals surface area (Å²) in [7, 11) is 0. The maximum atomic E-state index is 12.2. The third-order valence-corrected chi connectivity index (χ3v) is 4.15. The fraction of sp³-hybridized carbons (Fsp3) is 0.545. The zero-order valence-corrected chi connectivity index (χ0v) is 10.9. The highest BCUT2D eigenvalue weighted by Crippen LogP contribution is 2.28. The predicted octanol–water partition coefficient (Wildman–Crippen LogP) is 1.47. The number of carbonyl (C=O) groups excluding carboxylic acids is 1. The number of likely N-dealkylation sites (tertiary alicyclic amines) is 1. The summed E-state index contributed by atoms with van der Waals surface area (Å²) in [6.45, 7) is 3.19. The van der Waals surface area contributed by atoms with Gasteiger partial charge in [0, 0.05) is 24.0 Å². The van der Waals surface area contributed by atoms with E-state index in [4.69, 9.17) is 5.73 Å². The first-order chi connectivity index (χ1) is 8.52. The summed E-state index contributed by atoms with van der Waals surface area (Å²) in [5.41, 5.74) is 6.01. The summed E-state index contributed by atoms with van der Waals surface area (Å²) in [6, 6.07) is 1.49. The van der Waals surface area contributed by atoms with Crippen molar-refractivity contribution in [3.63, 3.8) is 0 Å². The van der Waals surface area contributed by atoms with E-state index < -0.39 is 4.92 Å². The number of nitrogens with two attached hydrogens (primary N) is 1. The molecule has 1 aromatic heterocycles. The zero-order valence-electron chi connectivity index (χ0n) is 10.0. The van der Waals surface area contributed by atoms with Gasteiger partial charge in [-0.1, -0.05) is 11.3 Å². The first-order valence-electron chi connectivity index (χ1n) is 5.77. The third kappa shape index (κ3) is 2.37. The molecule has 1 aromatic rings. The van der Waals surface area contributed by atoms with Gasteiger partial charge in [0.25, 0.3) is 5.91 Å². The molecule has 6 nitrogen and oxygen atoms in total. The van der Waals surface area contributed by atoms with E-state index >= 15 is 0 Å². The quantitative estimate of drug-likeness (QED) is 0.664. The highest BCUT2D eigenvalue weighted by molar-refractivity contribution is 7.13. The Morgan fingerprint density at radius 1 is 1.72 bits per heavy atom. The molecular weight excluding hydrogens is 254 g/mol. The summed E-state index contributed by atoms with van der Waals surface area (Å²) in [5.74, 6) is 0.195. The Morgan fingerprint density at radius 2 is 2.44 bits per heavy atom. The van der Waals surface area contributed by atoms with Crippen LogP contribution in [0.1, 0.15) is 23.7 Å². The van der Waals surface area contributed by atoms with Crippen LogP contribution in [0, 0.1) is 16.0 Å². The highest BCUT2D eigenvalue weighted by Gasteiger charge is 2.32. The molecule has 1 aliphatic rings. The molecule has 1 fully saturated rings. The molecular formula is C11H15N3O3S. The van der Waals surface area contributed by atoms with Gasteiger partial charge in [0.05, 0.1) is 10.5 Å². The lowest BCUT2D eigenvalue weighted by molar-refractivity contribution is -0.380. The van der Waals surface area contributed by atoms with E-state index in [0.29, 0.717) is 24.6 Å². The van der Waals surface area contributed by atoms with Crippen molar-refractivity contribution in [2.75, 3.05) is 13.1 Å². The van der Waals surface area contributed by atoms with E-state index in [1.54, 1.807) is 10.3 Å². The fourth-order valence-electron chi connectivity index (χ4n) is 2.29. The molecule has 1 amide bonds. The topological polar surface area (TPSA) is 89.5 Å². The molecule has 0 radical (unpaired) electrons. The number of nitrogens with zero attached hydrogens (tertiary/aromatic N) is 2. The third-order valence-electron chi connectivity index (χ3n) is 3.27. The van der Waals surface area contributed by atoms with Gasteiger partial charge in [-0.3, -0.25) is 14.9 Å². The molecule has 2 N–H and O–H groups in total. The van der Waals surface area contributed by atoms with Crippen LogP contribution in [0.5, 0.6) is 0 Å². The van der Waals surface area contributed by atoms with E-state index in [9.17, 15) is 14.9 Å². The van der Waals surface area contributed by atoms with E-state index in [1.807, 2.05) is 6.92 Å². The number of hydrogen-bond donors (Lipinski definition) is 1. The molecule has 2 unspecified atom stereocenters. The van der Waals surface area contributed by atoms with Gasteiger partial charge in [-0.2, -0.15) is 0 Å². The Balaban J connectivity index is 2.13. The average Bonchev–Trinajstić information content (AvgIpc) is 2.94. The number of carbonyl (C=O) groups is 1. The zero-order chi connectivity index (χ0) is 13.3. The van der Waals surface area contributed by atoms with Crippen LogP contribution in [-0.4, -0.2) is 34.9 Å². The molecule has 18 heavy (non-hydrogen) atoms. The molecule has 0 spiro atoms. The molecule has 0 aliphatic carbocycles. The molecule has 0 aromatic carbocycles. The smallest absolute Gasteiger partial charge is 0.324 e. The van der Waals surface area contributed by atoms with Gasteiger partial charge in [-0.05, 0) is 25.8 Å². The van der Waals surface area contributed by atoms with Gasteiger partial charge in [0.15, 0.2) is 0 Å². The van der Waals surface area contributed by atoms with Crippen LogP contribution in [0.2, 0.25) is 0 Å². The second-order valence-corrected chi connectivity index (χ2v) is 5.46. The predicted molar refractivity (Wildman–Crippen MR) is 68.6 cm³/mol. The van der Waals surface area contributed by atoms with Crippen molar-refractivity contribution in [1.29, 1.82) is 0 Å². The monoisotopic (exact) mass is 269 g/mol. The molecule has 98 valence electrons. The molecule has 7 heteroatoms. The lowest BCUT2D eigenvalue weighted by atomic mass is 10.1. The summed E-state index contributed by atoms with van der Waals surface area (Å²) in [5, 5.41) is 12.1. The van der Waals surface area contributed by atoms with E-state index in [1.165, 1.54) is 6.07 Å². The van der Waals surface area contributed by atoms with Gasteiger partial charge in [-0.25, -0.2) is 0 Å². The van der Waals surface area contributed by atoms with Gasteiger partial charge in [0.1, 0.15) is 0 Å². The molecule has 2 rings (SSSR count). The van der Waals surface area contributed by atoms with Gasteiger partial charge in [0.2, 0.25) is 0 Å². The SMILES string of the molecule is CC1CC(CN)CN1C(=O)c1csc([N+](=O)[O-])c1. The first-order valence-corrected chi connectivity index (χ1v) is 6.65. The van der Waals surface area contributed by atoms with Gasteiger partial charge >= 0.3 is 5.00 Å². The van der Waals surface area contributed by atoms with Crippen molar-refractivity contribution in [3.05, 3.63) is 27.1 Å². The Kier molecular flexibility index (Phi) is 3.63. The van der Waals surface area contributed by atoms with Crippen LogP contribution in [0.25, 0.3) is 0 Å². The first kappa shape index (κ1) is 13.0. The van der Waals surface area contributed by atoms with Crippen LogP contribution in [0.3, 0.4) is 0 Å². The lowest BCUT2D eigenvalue weighted by Gasteiger charge is -2.20. The van der Waals surface area contributed by atoms with E-state index in [0.717, 1.165) is 17.8 Å². The number of rotatable bonds is 3. The van der Waals surface area contributed by atoms with Crippen LogP contribution in [0.15, 0.2) is 11.4 Å². The van der Waals surface area contributed by atoms with Crippen molar-refractivity contribution >= 4 is 22.2 Å². The van der Waals surface area contributed by atoms with Crippen molar-refractivity contribution < 1.29 is 9.72 Å². The Hall–Kier alpha value is -1.47. The van der Waals surface area contributed by atoms with Crippen molar-refractivity contribution in [1.82, 2.24) is 4.90 Å². The number of nitro groups is 1. The summed E-state index contributed by atoms with van der Waals surface area (Å²) >= 11 is 0.981. The molecule has 1 aliphatic heterocycles. The van der Waals surface area contributed by atoms with Crippen LogP contribution < -0.4 is 5.73 Å². The second-order valence-electron chi connectivity index (χ2n) is 4.57. The molecule has 0 saturated carbocycles. The number of thiophene rings is 1. The van der Waals surface area contributed by atoms with Crippen LogP contribution >= 0.6 is 11.3 Å².